The molecule has 1 aromatic rings. The van der Waals surface area contributed by atoms with Crippen LogP contribution in [0.1, 0.15) is 26.2 Å². The van der Waals surface area contributed by atoms with Crippen LogP contribution in [0.25, 0.3) is 0 Å². The van der Waals surface area contributed by atoms with Crippen molar-refractivity contribution in [3.8, 4) is 0 Å². The molecule has 0 spiro atoms. The molecule has 1 amide bonds. The first-order chi connectivity index (χ1) is 9.70. The van der Waals surface area contributed by atoms with Gasteiger partial charge < -0.3 is 10.6 Å². The molecule has 5 heteroatoms. The van der Waals surface area contributed by atoms with Gasteiger partial charge in [0.1, 0.15) is 0 Å². The number of anilines is 1. The molecule has 0 aliphatic carbocycles. The molecule has 2 rings (SSSR count). The van der Waals surface area contributed by atoms with Gasteiger partial charge in [-0.25, -0.2) is 0 Å². The molecule has 21 heavy (non-hydrogen) atoms. The monoisotopic (exact) mass is 328 g/mol. The Morgan fingerprint density at radius 1 is 1.48 bits per heavy atom. The Hall–Kier alpha value is -0.710. The SMILES string of the molecule is CSc1ccccc1NC(=O)CC(C)C1CCCNC1.Cl. The summed E-state index contributed by atoms with van der Waals surface area (Å²) in [6.45, 7) is 4.37. The van der Waals surface area contributed by atoms with Gasteiger partial charge in [0.05, 0.1) is 5.69 Å². The molecule has 1 aliphatic heterocycles. The first-order valence-corrected chi connectivity index (χ1v) is 8.56. The third-order valence-electron chi connectivity index (χ3n) is 4.03. The molecule has 1 heterocycles. The van der Waals surface area contributed by atoms with Gasteiger partial charge >= 0.3 is 0 Å². The quantitative estimate of drug-likeness (QED) is 0.808. The third kappa shape index (κ3) is 5.53. The van der Waals surface area contributed by atoms with Crippen molar-refractivity contribution in [1.82, 2.24) is 5.32 Å². The minimum atomic E-state index is 0. The van der Waals surface area contributed by atoms with Crippen molar-refractivity contribution >= 4 is 35.8 Å². The molecule has 1 aromatic carbocycles. The van der Waals surface area contributed by atoms with E-state index in [2.05, 4.69) is 17.6 Å². The Morgan fingerprint density at radius 3 is 2.90 bits per heavy atom. The summed E-state index contributed by atoms with van der Waals surface area (Å²) in [4.78, 5) is 13.3. The van der Waals surface area contributed by atoms with Gasteiger partial charge in [-0.3, -0.25) is 4.79 Å². The van der Waals surface area contributed by atoms with Crippen LogP contribution in [0, 0.1) is 11.8 Å². The number of amides is 1. The highest BCUT2D eigenvalue weighted by atomic mass is 35.5. The largest absolute Gasteiger partial charge is 0.325 e. The fourth-order valence-corrected chi connectivity index (χ4v) is 3.33. The van der Waals surface area contributed by atoms with Crippen molar-refractivity contribution in [3.63, 3.8) is 0 Å². The predicted octanol–water partition coefficient (Wildman–Crippen LogP) is 3.79. The second-order valence-corrected chi connectivity index (χ2v) is 6.38. The van der Waals surface area contributed by atoms with Crippen molar-refractivity contribution in [2.75, 3.05) is 24.7 Å². The maximum absolute atomic E-state index is 12.2. The fourth-order valence-electron chi connectivity index (χ4n) is 2.77. The molecule has 0 radical (unpaired) electrons. The molecule has 2 atom stereocenters. The van der Waals surface area contributed by atoms with Gasteiger partial charge in [0.15, 0.2) is 0 Å². The molecular formula is C16H25ClN2OS. The van der Waals surface area contributed by atoms with Crippen LogP contribution in [0.4, 0.5) is 5.69 Å². The molecule has 0 bridgehead atoms. The highest BCUT2D eigenvalue weighted by Gasteiger charge is 2.22. The number of thioether (sulfide) groups is 1. The fraction of sp³-hybridized carbons (Fsp3) is 0.562. The number of rotatable bonds is 5. The normalized spacial score (nSPS) is 19.4. The summed E-state index contributed by atoms with van der Waals surface area (Å²) >= 11 is 1.66. The number of nitrogens with one attached hydrogen (secondary N) is 2. The summed E-state index contributed by atoms with van der Waals surface area (Å²) in [7, 11) is 0. The minimum Gasteiger partial charge on any atom is -0.325 e. The van der Waals surface area contributed by atoms with Crippen LogP contribution in [-0.2, 0) is 4.79 Å². The highest BCUT2D eigenvalue weighted by molar-refractivity contribution is 7.98. The van der Waals surface area contributed by atoms with E-state index in [9.17, 15) is 4.79 Å². The van der Waals surface area contributed by atoms with Crippen LogP contribution >= 0.6 is 24.2 Å². The van der Waals surface area contributed by atoms with E-state index in [0.29, 0.717) is 18.3 Å². The lowest BCUT2D eigenvalue weighted by Crippen LogP contribution is -2.34. The van der Waals surface area contributed by atoms with Gasteiger partial charge in [-0.15, -0.1) is 24.2 Å². The Kier molecular flexibility index (Phi) is 8.15. The summed E-state index contributed by atoms with van der Waals surface area (Å²) in [5, 5.41) is 6.47. The van der Waals surface area contributed by atoms with E-state index in [1.165, 1.54) is 12.8 Å². The molecule has 3 nitrogen and oxygen atoms in total. The number of carbonyl (C=O) groups excluding carboxylic acids is 1. The molecule has 0 saturated carbocycles. The van der Waals surface area contributed by atoms with Crippen LogP contribution in [0.15, 0.2) is 29.2 Å². The Balaban J connectivity index is 0.00000220. The standard InChI is InChI=1S/C16H24N2OS.ClH/c1-12(13-6-5-9-17-11-13)10-16(19)18-14-7-3-4-8-15(14)20-2;/h3-4,7-8,12-13,17H,5-6,9-11H2,1-2H3,(H,18,19);1H. The van der Waals surface area contributed by atoms with E-state index in [0.717, 1.165) is 23.7 Å². The van der Waals surface area contributed by atoms with Crippen LogP contribution in [0.2, 0.25) is 0 Å². The number of halogens is 1. The van der Waals surface area contributed by atoms with Crippen molar-refractivity contribution in [2.24, 2.45) is 11.8 Å². The van der Waals surface area contributed by atoms with Crippen molar-refractivity contribution in [3.05, 3.63) is 24.3 Å². The van der Waals surface area contributed by atoms with E-state index >= 15 is 0 Å². The van der Waals surface area contributed by atoms with Crippen LogP contribution < -0.4 is 10.6 Å². The molecule has 1 saturated heterocycles. The average molecular weight is 329 g/mol. The zero-order chi connectivity index (χ0) is 14.4. The van der Waals surface area contributed by atoms with Gasteiger partial charge in [-0.2, -0.15) is 0 Å². The van der Waals surface area contributed by atoms with Gasteiger partial charge in [0, 0.05) is 11.3 Å². The lowest BCUT2D eigenvalue weighted by Gasteiger charge is -2.28. The van der Waals surface area contributed by atoms with Crippen molar-refractivity contribution in [2.45, 2.75) is 31.1 Å². The highest BCUT2D eigenvalue weighted by Crippen LogP contribution is 2.26. The lowest BCUT2D eigenvalue weighted by molar-refractivity contribution is -0.117. The smallest absolute Gasteiger partial charge is 0.224 e. The number of benzene rings is 1. The molecule has 0 aromatic heterocycles. The summed E-state index contributed by atoms with van der Waals surface area (Å²) in [5.41, 5.74) is 0.930. The zero-order valence-electron chi connectivity index (χ0n) is 12.7. The lowest BCUT2D eigenvalue weighted by atomic mass is 9.85. The van der Waals surface area contributed by atoms with E-state index in [-0.39, 0.29) is 18.3 Å². The van der Waals surface area contributed by atoms with E-state index in [4.69, 9.17) is 0 Å². The Labute approximate surface area is 138 Å². The zero-order valence-corrected chi connectivity index (χ0v) is 14.4. The Bertz CT molecular complexity index is 450. The maximum atomic E-state index is 12.2. The van der Waals surface area contributed by atoms with Crippen LogP contribution in [-0.4, -0.2) is 25.3 Å². The summed E-state index contributed by atoms with van der Waals surface area (Å²) in [6.07, 6.45) is 5.10. The van der Waals surface area contributed by atoms with Gasteiger partial charge in [0.25, 0.3) is 0 Å². The molecule has 2 N–H and O–H groups in total. The summed E-state index contributed by atoms with van der Waals surface area (Å²) in [5.74, 6) is 1.19. The van der Waals surface area contributed by atoms with E-state index in [1.54, 1.807) is 11.8 Å². The predicted molar refractivity (Wildman–Crippen MR) is 93.5 cm³/mol. The second kappa shape index (κ2) is 9.34. The number of para-hydroxylation sites is 1. The number of piperidine rings is 1. The molecule has 1 aliphatic rings. The Morgan fingerprint density at radius 2 is 2.24 bits per heavy atom. The number of hydrogen-bond donors (Lipinski definition) is 2. The maximum Gasteiger partial charge on any atom is 0.224 e. The van der Waals surface area contributed by atoms with Crippen molar-refractivity contribution < 1.29 is 4.79 Å². The third-order valence-corrected chi connectivity index (χ3v) is 4.82. The van der Waals surface area contributed by atoms with Crippen LogP contribution in [0.5, 0.6) is 0 Å². The average Bonchev–Trinajstić information content (AvgIpc) is 2.48. The summed E-state index contributed by atoms with van der Waals surface area (Å²) < 4.78 is 0. The van der Waals surface area contributed by atoms with Crippen molar-refractivity contribution in [1.29, 1.82) is 0 Å². The molecule has 118 valence electrons. The minimum absolute atomic E-state index is 0. The van der Waals surface area contributed by atoms with Gasteiger partial charge in [-0.1, -0.05) is 19.1 Å². The number of carbonyl (C=O) groups is 1. The molecule has 1 fully saturated rings. The molecule has 2 unspecified atom stereocenters. The molecular weight excluding hydrogens is 304 g/mol. The van der Waals surface area contributed by atoms with E-state index in [1.807, 2.05) is 30.5 Å². The van der Waals surface area contributed by atoms with E-state index < -0.39 is 0 Å². The summed E-state index contributed by atoms with van der Waals surface area (Å²) in [6, 6.07) is 7.97. The van der Waals surface area contributed by atoms with Gasteiger partial charge in [-0.05, 0) is 56.2 Å². The number of hydrogen-bond acceptors (Lipinski definition) is 3. The first-order valence-electron chi connectivity index (χ1n) is 7.34. The van der Waals surface area contributed by atoms with Crippen LogP contribution in [0.3, 0.4) is 0 Å². The first kappa shape index (κ1) is 18.3. The van der Waals surface area contributed by atoms with Gasteiger partial charge in [0.2, 0.25) is 5.91 Å². The second-order valence-electron chi connectivity index (χ2n) is 5.54. The topological polar surface area (TPSA) is 41.1 Å².